The first-order valence-corrected chi connectivity index (χ1v) is 7.54. The first-order chi connectivity index (χ1) is 10.7. The molecule has 6 heteroatoms. The fourth-order valence-electron chi connectivity index (χ4n) is 3.54. The molecule has 2 aromatic heterocycles. The highest BCUT2D eigenvalue weighted by molar-refractivity contribution is 5.95. The lowest BCUT2D eigenvalue weighted by molar-refractivity contribution is 0.0904. The van der Waals surface area contributed by atoms with Gasteiger partial charge in [-0.25, -0.2) is 0 Å². The van der Waals surface area contributed by atoms with E-state index in [9.17, 15) is 4.79 Å². The number of nitrogens with one attached hydrogen (secondary N) is 1. The number of pyridine rings is 1. The molecule has 1 amide bonds. The molecule has 0 aliphatic carbocycles. The first-order valence-electron chi connectivity index (χ1n) is 7.54. The van der Waals surface area contributed by atoms with Gasteiger partial charge in [-0.3, -0.25) is 9.78 Å². The molecule has 112 valence electrons. The van der Waals surface area contributed by atoms with Crippen LogP contribution < -0.4 is 5.32 Å². The van der Waals surface area contributed by atoms with Crippen molar-refractivity contribution in [1.29, 1.82) is 5.26 Å². The Morgan fingerprint density at radius 1 is 1.45 bits per heavy atom. The number of aromatic nitrogens is 1. The van der Waals surface area contributed by atoms with E-state index in [1.807, 2.05) is 6.07 Å². The first kappa shape index (κ1) is 13.3. The summed E-state index contributed by atoms with van der Waals surface area (Å²) >= 11 is 0. The number of carbonyl (C=O) groups excluding carboxylic acids is 1. The molecule has 3 atom stereocenters. The molecule has 0 spiro atoms. The highest BCUT2D eigenvalue weighted by atomic mass is 16.3. The lowest BCUT2D eigenvalue weighted by Crippen LogP contribution is -2.47. The van der Waals surface area contributed by atoms with Gasteiger partial charge in [0.25, 0.3) is 5.91 Å². The maximum absolute atomic E-state index is 12.4. The van der Waals surface area contributed by atoms with Gasteiger partial charge in [-0.2, -0.15) is 5.26 Å². The summed E-state index contributed by atoms with van der Waals surface area (Å²) < 4.78 is 5.35. The third-order valence-electron chi connectivity index (χ3n) is 4.55. The maximum atomic E-state index is 12.4. The van der Waals surface area contributed by atoms with E-state index in [-0.39, 0.29) is 17.7 Å². The Balaban J connectivity index is 1.51. The summed E-state index contributed by atoms with van der Waals surface area (Å²) in [4.78, 5) is 19.0. The molecule has 1 unspecified atom stereocenters. The van der Waals surface area contributed by atoms with Crippen LogP contribution in [-0.2, 0) is 0 Å². The molecule has 2 saturated heterocycles. The van der Waals surface area contributed by atoms with Gasteiger partial charge in [-0.15, -0.1) is 0 Å². The Morgan fingerprint density at radius 3 is 3.18 bits per heavy atom. The van der Waals surface area contributed by atoms with Crippen LogP contribution in [0.4, 0.5) is 0 Å². The molecule has 2 aliphatic heterocycles. The fraction of sp³-hybridized carbons (Fsp3) is 0.438. The van der Waals surface area contributed by atoms with Crippen molar-refractivity contribution in [2.75, 3.05) is 19.6 Å². The van der Waals surface area contributed by atoms with E-state index in [4.69, 9.17) is 9.68 Å². The number of fused-ring (bicyclic) bond motifs is 3. The summed E-state index contributed by atoms with van der Waals surface area (Å²) in [7, 11) is 0. The van der Waals surface area contributed by atoms with Gasteiger partial charge >= 0.3 is 0 Å². The Bertz CT molecular complexity index is 764. The SMILES string of the molecule is N#Cc1cc2cnc(C(=O)N[C@@H]3C[C@@H]4CCN(C4)C3)cc2o1. The van der Waals surface area contributed by atoms with Gasteiger partial charge < -0.3 is 14.6 Å². The molecule has 1 N–H and O–H groups in total. The highest BCUT2D eigenvalue weighted by Gasteiger charge is 2.33. The Morgan fingerprint density at radius 2 is 2.36 bits per heavy atom. The molecule has 0 aromatic carbocycles. The van der Waals surface area contributed by atoms with Crippen molar-refractivity contribution >= 4 is 16.9 Å². The molecule has 22 heavy (non-hydrogen) atoms. The van der Waals surface area contributed by atoms with Gasteiger partial charge in [-0.05, 0) is 25.3 Å². The number of hydrogen-bond acceptors (Lipinski definition) is 5. The van der Waals surface area contributed by atoms with Crippen molar-refractivity contribution in [3.8, 4) is 6.07 Å². The Kier molecular flexibility index (Phi) is 3.09. The second kappa shape index (κ2) is 5.11. The molecule has 4 heterocycles. The summed E-state index contributed by atoms with van der Waals surface area (Å²) in [6.45, 7) is 3.23. The number of carbonyl (C=O) groups is 1. The zero-order valence-corrected chi connectivity index (χ0v) is 12.1. The van der Waals surface area contributed by atoms with Crippen LogP contribution in [0.1, 0.15) is 29.1 Å². The average molecular weight is 296 g/mol. The summed E-state index contributed by atoms with van der Waals surface area (Å²) in [5, 5.41) is 12.6. The minimum Gasteiger partial charge on any atom is -0.445 e. The van der Waals surface area contributed by atoms with Gasteiger partial charge in [0, 0.05) is 42.8 Å². The summed E-state index contributed by atoms with van der Waals surface area (Å²) in [5.74, 6) is 0.757. The van der Waals surface area contributed by atoms with Gasteiger partial charge in [0.2, 0.25) is 5.76 Å². The van der Waals surface area contributed by atoms with Crippen molar-refractivity contribution < 1.29 is 9.21 Å². The molecule has 6 nitrogen and oxygen atoms in total. The molecule has 4 rings (SSSR count). The number of amides is 1. The van der Waals surface area contributed by atoms with Crippen LogP contribution in [0.5, 0.6) is 0 Å². The maximum Gasteiger partial charge on any atom is 0.270 e. The topological polar surface area (TPSA) is 82.2 Å². The van der Waals surface area contributed by atoms with Crippen LogP contribution in [0.25, 0.3) is 11.0 Å². The van der Waals surface area contributed by atoms with E-state index in [1.54, 1.807) is 18.3 Å². The largest absolute Gasteiger partial charge is 0.445 e. The second-order valence-electron chi connectivity index (χ2n) is 6.15. The van der Waals surface area contributed by atoms with Crippen LogP contribution in [0.3, 0.4) is 0 Å². The van der Waals surface area contributed by atoms with Crippen molar-refractivity contribution in [3.63, 3.8) is 0 Å². The number of furan rings is 1. The van der Waals surface area contributed by atoms with Crippen molar-refractivity contribution in [3.05, 3.63) is 29.8 Å². The van der Waals surface area contributed by atoms with E-state index < -0.39 is 0 Å². The monoisotopic (exact) mass is 296 g/mol. The minimum absolute atomic E-state index is 0.177. The van der Waals surface area contributed by atoms with Crippen molar-refractivity contribution in [2.24, 2.45) is 5.92 Å². The molecule has 2 bridgehead atoms. The molecular formula is C16H16N4O2. The Labute approximate surface area is 127 Å². The van der Waals surface area contributed by atoms with Crippen LogP contribution in [0, 0.1) is 17.2 Å². The number of rotatable bonds is 2. The van der Waals surface area contributed by atoms with E-state index in [1.165, 1.54) is 13.0 Å². The number of nitriles is 1. The van der Waals surface area contributed by atoms with E-state index in [2.05, 4.69) is 15.2 Å². The normalized spacial score (nSPS) is 26.8. The van der Waals surface area contributed by atoms with Crippen LogP contribution >= 0.6 is 0 Å². The summed E-state index contributed by atoms with van der Waals surface area (Å²) in [6, 6.07) is 5.36. The quantitative estimate of drug-likeness (QED) is 0.908. The highest BCUT2D eigenvalue weighted by Crippen LogP contribution is 2.27. The van der Waals surface area contributed by atoms with Crippen LogP contribution in [-0.4, -0.2) is 41.5 Å². The number of hydrogen-bond donors (Lipinski definition) is 1. The molecule has 0 saturated carbocycles. The number of piperidine rings is 1. The van der Waals surface area contributed by atoms with Gasteiger partial charge in [-0.1, -0.05) is 0 Å². The van der Waals surface area contributed by atoms with Crippen LogP contribution in [0.15, 0.2) is 22.7 Å². The van der Waals surface area contributed by atoms with Crippen LogP contribution in [0.2, 0.25) is 0 Å². The molecule has 2 aliphatic rings. The lowest BCUT2D eigenvalue weighted by atomic mass is 9.97. The standard InChI is InChI=1S/C16H16N4O2/c17-6-13-4-11-7-18-14(5-15(11)22-13)16(21)19-12-3-10-1-2-20(8-10)9-12/h4-5,7,10,12H,1-3,8-9H2,(H,19,21)/t10-,12+/m0/s1. The molecular weight excluding hydrogens is 280 g/mol. The molecule has 0 radical (unpaired) electrons. The lowest BCUT2D eigenvalue weighted by Gasteiger charge is -2.30. The Hall–Kier alpha value is -2.39. The van der Waals surface area contributed by atoms with Gasteiger partial charge in [0.05, 0.1) is 0 Å². The third-order valence-corrected chi connectivity index (χ3v) is 4.55. The molecule has 2 aromatic rings. The molecule has 2 fully saturated rings. The average Bonchev–Trinajstić information content (AvgIpc) is 3.09. The van der Waals surface area contributed by atoms with Crippen molar-refractivity contribution in [1.82, 2.24) is 15.2 Å². The minimum atomic E-state index is -0.177. The smallest absolute Gasteiger partial charge is 0.270 e. The number of nitrogens with zero attached hydrogens (tertiary/aromatic N) is 3. The van der Waals surface area contributed by atoms with E-state index >= 15 is 0 Å². The van der Waals surface area contributed by atoms with E-state index in [0.717, 1.165) is 24.9 Å². The second-order valence-corrected chi connectivity index (χ2v) is 6.15. The predicted molar refractivity (Wildman–Crippen MR) is 79.1 cm³/mol. The zero-order valence-electron chi connectivity index (χ0n) is 12.1. The third kappa shape index (κ3) is 2.34. The fourth-order valence-corrected chi connectivity index (χ4v) is 3.54. The van der Waals surface area contributed by atoms with Gasteiger partial charge in [0.15, 0.2) is 0 Å². The van der Waals surface area contributed by atoms with E-state index in [0.29, 0.717) is 17.2 Å². The zero-order chi connectivity index (χ0) is 15.1. The van der Waals surface area contributed by atoms with Crippen molar-refractivity contribution in [2.45, 2.75) is 18.9 Å². The summed E-state index contributed by atoms with van der Waals surface area (Å²) in [5.41, 5.74) is 0.850. The predicted octanol–water partition coefficient (Wildman–Crippen LogP) is 1.52. The summed E-state index contributed by atoms with van der Waals surface area (Å²) in [6.07, 6.45) is 3.85. The van der Waals surface area contributed by atoms with Gasteiger partial charge in [0.1, 0.15) is 17.3 Å².